The fourth-order valence-corrected chi connectivity index (χ4v) is 3.82. The molecule has 98 valence electrons. The van der Waals surface area contributed by atoms with Gasteiger partial charge in [0.1, 0.15) is 0 Å². The lowest BCUT2D eigenvalue weighted by Gasteiger charge is -2.42. The van der Waals surface area contributed by atoms with Crippen LogP contribution < -0.4 is 0 Å². The van der Waals surface area contributed by atoms with E-state index in [1.54, 1.807) is 0 Å². The number of ether oxygens (including phenoxy) is 1. The van der Waals surface area contributed by atoms with E-state index in [1.165, 1.54) is 37.9 Å². The SMILES string of the molecule is CN1CCC(C2(c3ccccc3)CCOCC2)C1. The van der Waals surface area contributed by atoms with Crippen molar-refractivity contribution in [2.45, 2.75) is 24.7 Å². The number of likely N-dealkylation sites (tertiary alicyclic amines) is 1. The molecule has 0 N–H and O–H groups in total. The van der Waals surface area contributed by atoms with Gasteiger partial charge in [0.2, 0.25) is 0 Å². The Morgan fingerprint density at radius 2 is 1.89 bits per heavy atom. The second kappa shape index (κ2) is 5.02. The zero-order valence-corrected chi connectivity index (χ0v) is 11.3. The maximum Gasteiger partial charge on any atom is 0.0474 e. The number of hydrogen-bond donors (Lipinski definition) is 0. The summed E-state index contributed by atoms with van der Waals surface area (Å²) in [7, 11) is 2.25. The van der Waals surface area contributed by atoms with Crippen LogP contribution >= 0.6 is 0 Å². The Hall–Kier alpha value is -0.860. The van der Waals surface area contributed by atoms with Gasteiger partial charge in [-0.15, -0.1) is 0 Å². The van der Waals surface area contributed by atoms with Crippen molar-refractivity contribution in [1.82, 2.24) is 4.90 Å². The first-order valence-electron chi connectivity index (χ1n) is 7.13. The highest BCUT2D eigenvalue weighted by Gasteiger charge is 2.43. The molecule has 2 heterocycles. The average Bonchev–Trinajstić information content (AvgIpc) is 2.88. The number of rotatable bonds is 2. The molecule has 2 saturated heterocycles. The molecule has 2 heteroatoms. The number of hydrogen-bond acceptors (Lipinski definition) is 2. The number of benzene rings is 1. The first-order chi connectivity index (χ1) is 8.81. The standard InChI is InChI=1S/C16H23NO/c1-17-10-7-15(13-17)16(8-11-18-12-9-16)14-5-3-2-4-6-14/h2-6,15H,7-13H2,1H3. The molecule has 2 aliphatic rings. The van der Waals surface area contributed by atoms with Crippen LogP contribution in [-0.2, 0) is 10.2 Å². The zero-order chi connectivity index (χ0) is 12.4. The fourth-order valence-electron chi connectivity index (χ4n) is 3.82. The highest BCUT2D eigenvalue weighted by molar-refractivity contribution is 5.28. The summed E-state index contributed by atoms with van der Waals surface area (Å²) in [5, 5.41) is 0. The topological polar surface area (TPSA) is 12.5 Å². The van der Waals surface area contributed by atoms with Crippen LogP contribution in [-0.4, -0.2) is 38.3 Å². The molecule has 0 spiro atoms. The Labute approximate surface area is 110 Å². The highest BCUT2D eigenvalue weighted by Crippen LogP contribution is 2.44. The molecule has 0 aliphatic carbocycles. The van der Waals surface area contributed by atoms with Crippen molar-refractivity contribution < 1.29 is 4.74 Å². The van der Waals surface area contributed by atoms with Crippen molar-refractivity contribution in [2.75, 3.05) is 33.4 Å². The first-order valence-corrected chi connectivity index (χ1v) is 7.13. The van der Waals surface area contributed by atoms with E-state index in [-0.39, 0.29) is 0 Å². The molecule has 2 aliphatic heterocycles. The van der Waals surface area contributed by atoms with Crippen molar-refractivity contribution in [2.24, 2.45) is 5.92 Å². The maximum atomic E-state index is 5.62. The Morgan fingerprint density at radius 3 is 2.50 bits per heavy atom. The van der Waals surface area contributed by atoms with Gasteiger partial charge in [0.05, 0.1) is 0 Å². The molecule has 0 saturated carbocycles. The lowest BCUT2D eigenvalue weighted by Crippen LogP contribution is -2.41. The molecule has 18 heavy (non-hydrogen) atoms. The third-order valence-corrected chi connectivity index (χ3v) is 4.91. The largest absolute Gasteiger partial charge is 0.381 e. The molecule has 0 amide bonds. The third-order valence-electron chi connectivity index (χ3n) is 4.91. The summed E-state index contributed by atoms with van der Waals surface area (Å²) in [5.74, 6) is 0.800. The van der Waals surface area contributed by atoms with Gasteiger partial charge in [0.15, 0.2) is 0 Å². The molecule has 1 atom stereocenters. The van der Waals surface area contributed by atoms with Crippen LogP contribution in [0.2, 0.25) is 0 Å². The summed E-state index contributed by atoms with van der Waals surface area (Å²) in [6, 6.07) is 11.1. The summed E-state index contributed by atoms with van der Waals surface area (Å²) in [4.78, 5) is 2.48. The van der Waals surface area contributed by atoms with Crippen LogP contribution in [0.4, 0.5) is 0 Å². The normalized spacial score (nSPS) is 28.4. The van der Waals surface area contributed by atoms with E-state index in [4.69, 9.17) is 4.74 Å². The molecular weight excluding hydrogens is 222 g/mol. The van der Waals surface area contributed by atoms with E-state index in [1.807, 2.05) is 0 Å². The quantitative estimate of drug-likeness (QED) is 0.794. The van der Waals surface area contributed by atoms with E-state index in [9.17, 15) is 0 Å². The number of nitrogens with zero attached hydrogens (tertiary/aromatic N) is 1. The molecule has 2 fully saturated rings. The van der Waals surface area contributed by atoms with E-state index < -0.39 is 0 Å². The molecule has 2 nitrogen and oxygen atoms in total. The molecule has 0 radical (unpaired) electrons. The van der Waals surface area contributed by atoms with Gasteiger partial charge in [-0.25, -0.2) is 0 Å². The average molecular weight is 245 g/mol. The predicted molar refractivity (Wildman–Crippen MR) is 73.8 cm³/mol. The maximum absolute atomic E-state index is 5.62. The smallest absolute Gasteiger partial charge is 0.0474 e. The van der Waals surface area contributed by atoms with Gasteiger partial charge in [-0.2, -0.15) is 0 Å². The molecule has 1 aromatic rings. The fraction of sp³-hybridized carbons (Fsp3) is 0.625. The minimum absolute atomic E-state index is 0.365. The Morgan fingerprint density at radius 1 is 1.17 bits per heavy atom. The third kappa shape index (κ3) is 2.08. The van der Waals surface area contributed by atoms with Crippen molar-refractivity contribution >= 4 is 0 Å². The van der Waals surface area contributed by atoms with Gasteiger partial charge < -0.3 is 9.64 Å². The Kier molecular flexibility index (Phi) is 3.40. The summed E-state index contributed by atoms with van der Waals surface area (Å²) in [6.45, 7) is 4.35. The molecule has 0 bridgehead atoms. The molecule has 1 unspecified atom stereocenters. The van der Waals surface area contributed by atoms with Crippen LogP contribution in [0.1, 0.15) is 24.8 Å². The van der Waals surface area contributed by atoms with Crippen molar-refractivity contribution in [1.29, 1.82) is 0 Å². The summed E-state index contributed by atoms with van der Waals surface area (Å²) >= 11 is 0. The highest BCUT2D eigenvalue weighted by atomic mass is 16.5. The van der Waals surface area contributed by atoms with E-state index in [0.717, 1.165) is 19.1 Å². The molecule has 1 aromatic carbocycles. The second-order valence-corrected chi connectivity index (χ2v) is 5.88. The van der Waals surface area contributed by atoms with Gasteiger partial charge in [0, 0.05) is 25.2 Å². The first kappa shape index (κ1) is 12.2. The van der Waals surface area contributed by atoms with Crippen LogP contribution in [0, 0.1) is 5.92 Å². The van der Waals surface area contributed by atoms with E-state index in [2.05, 4.69) is 42.3 Å². The van der Waals surface area contributed by atoms with Crippen molar-refractivity contribution in [3.63, 3.8) is 0 Å². The lowest BCUT2D eigenvalue weighted by molar-refractivity contribution is 0.0274. The molecule has 3 rings (SSSR count). The Bertz CT molecular complexity index is 383. The minimum Gasteiger partial charge on any atom is -0.381 e. The monoisotopic (exact) mass is 245 g/mol. The second-order valence-electron chi connectivity index (χ2n) is 5.88. The lowest BCUT2D eigenvalue weighted by atomic mass is 9.65. The van der Waals surface area contributed by atoms with Crippen molar-refractivity contribution in [3.8, 4) is 0 Å². The molecule has 0 aromatic heterocycles. The summed E-state index contributed by atoms with van der Waals surface area (Å²) < 4.78 is 5.62. The summed E-state index contributed by atoms with van der Waals surface area (Å²) in [5.41, 5.74) is 1.90. The van der Waals surface area contributed by atoms with E-state index >= 15 is 0 Å². The van der Waals surface area contributed by atoms with Crippen LogP contribution in [0.25, 0.3) is 0 Å². The summed E-state index contributed by atoms with van der Waals surface area (Å²) in [6.07, 6.45) is 3.72. The minimum atomic E-state index is 0.365. The zero-order valence-electron chi connectivity index (χ0n) is 11.3. The van der Waals surface area contributed by atoms with Crippen LogP contribution in [0.5, 0.6) is 0 Å². The Balaban J connectivity index is 1.93. The van der Waals surface area contributed by atoms with Gasteiger partial charge >= 0.3 is 0 Å². The van der Waals surface area contributed by atoms with Crippen molar-refractivity contribution in [3.05, 3.63) is 35.9 Å². The van der Waals surface area contributed by atoms with Gasteiger partial charge in [-0.05, 0) is 44.3 Å². The van der Waals surface area contributed by atoms with Crippen LogP contribution in [0.15, 0.2) is 30.3 Å². The predicted octanol–water partition coefficient (Wildman–Crippen LogP) is 2.69. The van der Waals surface area contributed by atoms with E-state index in [0.29, 0.717) is 5.41 Å². The molecular formula is C16H23NO. The van der Waals surface area contributed by atoms with Gasteiger partial charge in [-0.1, -0.05) is 30.3 Å². The van der Waals surface area contributed by atoms with Gasteiger partial charge in [0.25, 0.3) is 0 Å². The van der Waals surface area contributed by atoms with Crippen LogP contribution in [0.3, 0.4) is 0 Å². The van der Waals surface area contributed by atoms with Gasteiger partial charge in [-0.3, -0.25) is 0 Å².